The van der Waals surface area contributed by atoms with Crippen molar-refractivity contribution in [3.63, 3.8) is 0 Å². The standard InChI is InChI=1S/C20H28ClN5O2/c21-18-5-4-16(14-22-18)20(28)26-8-6-23(7-9-26)15-19(27)25-12-10-24(11-13-25)17-2-1-3-17/h4-5,14,17H,1-3,6-13,15H2. The van der Waals surface area contributed by atoms with Crippen LogP contribution in [0.4, 0.5) is 0 Å². The summed E-state index contributed by atoms with van der Waals surface area (Å²) < 4.78 is 0. The van der Waals surface area contributed by atoms with Gasteiger partial charge < -0.3 is 9.80 Å². The molecule has 2 amide bonds. The molecule has 7 nitrogen and oxygen atoms in total. The molecule has 0 atom stereocenters. The van der Waals surface area contributed by atoms with Gasteiger partial charge in [0.05, 0.1) is 12.1 Å². The minimum Gasteiger partial charge on any atom is -0.339 e. The third kappa shape index (κ3) is 4.47. The van der Waals surface area contributed by atoms with E-state index in [9.17, 15) is 9.59 Å². The number of nitrogens with zero attached hydrogens (tertiary/aromatic N) is 5. The Balaban J connectivity index is 1.20. The van der Waals surface area contributed by atoms with Gasteiger partial charge in [0.2, 0.25) is 5.91 Å². The first-order chi connectivity index (χ1) is 13.6. The Labute approximate surface area is 171 Å². The maximum Gasteiger partial charge on any atom is 0.255 e. The van der Waals surface area contributed by atoms with E-state index in [0.717, 1.165) is 45.3 Å². The molecule has 0 spiro atoms. The molecule has 0 bridgehead atoms. The summed E-state index contributed by atoms with van der Waals surface area (Å²) in [4.78, 5) is 37.7. The van der Waals surface area contributed by atoms with Crippen molar-refractivity contribution in [2.75, 3.05) is 58.9 Å². The number of aromatic nitrogens is 1. The second kappa shape index (κ2) is 8.76. The van der Waals surface area contributed by atoms with E-state index in [1.807, 2.05) is 9.80 Å². The van der Waals surface area contributed by atoms with Crippen molar-refractivity contribution in [3.8, 4) is 0 Å². The number of halogens is 1. The summed E-state index contributed by atoms with van der Waals surface area (Å²) in [6, 6.07) is 4.10. The van der Waals surface area contributed by atoms with Crippen molar-refractivity contribution in [2.24, 2.45) is 0 Å². The first-order valence-corrected chi connectivity index (χ1v) is 10.6. The lowest BCUT2D eigenvalue weighted by molar-refractivity contribution is -0.135. The molecule has 0 radical (unpaired) electrons. The summed E-state index contributed by atoms with van der Waals surface area (Å²) >= 11 is 5.79. The van der Waals surface area contributed by atoms with E-state index in [1.54, 1.807) is 12.1 Å². The SMILES string of the molecule is O=C(CN1CCN(C(=O)c2ccc(Cl)nc2)CC1)N1CCN(C2CCC2)CC1. The lowest BCUT2D eigenvalue weighted by Gasteiger charge is -2.43. The van der Waals surface area contributed by atoms with Gasteiger partial charge in [-0.05, 0) is 25.0 Å². The Hall–Kier alpha value is -1.70. The first-order valence-electron chi connectivity index (χ1n) is 10.2. The summed E-state index contributed by atoms with van der Waals surface area (Å²) in [5, 5.41) is 0.383. The van der Waals surface area contributed by atoms with E-state index in [0.29, 0.717) is 30.4 Å². The molecule has 0 N–H and O–H groups in total. The number of hydrogen-bond donors (Lipinski definition) is 0. The second-order valence-corrected chi connectivity index (χ2v) is 8.33. The third-order valence-electron chi connectivity index (χ3n) is 6.25. The molecule has 3 heterocycles. The highest BCUT2D eigenvalue weighted by Crippen LogP contribution is 2.25. The van der Waals surface area contributed by atoms with Gasteiger partial charge in [-0.25, -0.2) is 4.98 Å². The fourth-order valence-electron chi connectivity index (χ4n) is 4.17. The van der Waals surface area contributed by atoms with Crippen LogP contribution in [0.15, 0.2) is 18.3 Å². The van der Waals surface area contributed by atoms with Crippen LogP contribution in [0.2, 0.25) is 5.15 Å². The number of hydrogen-bond acceptors (Lipinski definition) is 5. The van der Waals surface area contributed by atoms with Crippen LogP contribution < -0.4 is 0 Å². The second-order valence-electron chi connectivity index (χ2n) is 7.94. The molecule has 3 aliphatic rings. The van der Waals surface area contributed by atoms with E-state index in [4.69, 9.17) is 11.6 Å². The van der Waals surface area contributed by atoms with E-state index >= 15 is 0 Å². The Morgan fingerprint density at radius 3 is 2.21 bits per heavy atom. The van der Waals surface area contributed by atoms with Gasteiger partial charge in [-0.2, -0.15) is 0 Å². The predicted molar refractivity (Wildman–Crippen MR) is 107 cm³/mol. The van der Waals surface area contributed by atoms with Crippen molar-refractivity contribution >= 4 is 23.4 Å². The molecule has 2 saturated heterocycles. The molecule has 4 rings (SSSR count). The zero-order valence-electron chi connectivity index (χ0n) is 16.2. The molecule has 2 aliphatic heterocycles. The number of rotatable bonds is 4. The van der Waals surface area contributed by atoms with Gasteiger partial charge in [0, 0.05) is 64.6 Å². The Kier molecular flexibility index (Phi) is 6.13. The van der Waals surface area contributed by atoms with Crippen molar-refractivity contribution in [1.29, 1.82) is 0 Å². The zero-order chi connectivity index (χ0) is 19.5. The van der Waals surface area contributed by atoms with E-state index < -0.39 is 0 Å². The van der Waals surface area contributed by atoms with Gasteiger partial charge >= 0.3 is 0 Å². The fourth-order valence-corrected chi connectivity index (χ4v) is 4.29. The molecule has 28 heavy (non-hydrogen) atoms. The molecule has 1 aromatic heterocycles. The maximum absolute atomic E-state index is 12.7. The largest absolute Gasteiger partial charge is 0.339 e. The van der Waals surface area contributed by atoms with Crippen LogP contribution in [0.1, 0.15) is 29.6 Å². The van der Waals surface area contributed by atoms with Crippen LogP contribution in [-0.4, -0.2) is 101 Å². The molecule has 1 saturated carbocycles. The van der Waals surface area contributed by atoms with Crippen LogP contribution in [0, 0.1) is 0 Å². The summed E-state index contributed by atoms with van der Waals surface area (Å²) in [7, 11) is 0. The molecule has 0 unspecified atom stereocenters. The molecular formula is C20H28ClN5O2. The minimum atomic E-state index is -0.0257. The van der Waals surface area contributed by atoms with Gasteiger partial charge in [-0.15, -0.1) is 0 Å². The highest BCUT2D eigenvalue weighted by Gasteiger charge is 2.30. The average molecular weight is 406 g/mol. The van der Waals surface area contributed by atoms with Crippen LogP contribution >= 0.6 is 11.6 Å². The molecule has 8 heteroatoms. The van der Waals surface area contributed by atoms with Crippen molar-refractivity contribution in [3.05, 3.63) is 29.0 Å². The summed E-state index contributed by atoms with van der Waals surface area (Å²) in [6.07, 6.45) is 5.52. The predicted octanol–water partition coefficient (Wildman–Crippen LogP) is 1.19. The smallest absolute Gasteiger partial charge is 0.255 e. The van der Waals surface area contributed by atoms with Crippen molar-refractivity contribution < 1.29 is 9.59 Å². The molecule has 3 fully saturated rings. The van der Waals surface area contributed by atoms with Crippen molar-refractivity contribution in [2.45, 2.75) is 25.3 Å². The maximum atomic E-state index is 12.7. The number of carbonyl (C=O) groups excluding carboxylic acids is 2. The molecule has 0 aromatic carbocycles. The van der Waals surface area contributed by atoms with Gasteiger partial charge in [0.25, 0.3) is 5.91 Å². The van der Waals surface area contributed by atoms with Gasteiger partial charge in [-0.3, -0.25) is 19.4 Å². The third-order valence-corrected chi connectivity index (χ3v) is 6.47. The minimum absolute atomic E-state index is 0.0257. The summed E-state index contributed by atoms with van der Waals surface area (Å²) in [5.41, 5.74) is 0.554. The topological polar surface area (TPSA) is 60.0 Å². The monoisotopic (exact) mass is 405 g/mol. The number of amides is 2. The highest BCUT2D eigenvalue weighted by atomic mass is 35.5. The molecular weight excluding hydrogens is 378 g/mol. The number of carbonyl (C=O) groups is 2. The van der Waals surface area contributed by atoms with Crippen LogP contribution in [-0.2, 0) is 4.79 Å². The van der Waals surface area contributed by atoms with E-state index in [1.165, 1.54) is 25.5 Å². The number of piperazine rings is 2. The average Bonchev–Trinajstić information content (AvgIpc) is 2.68. The van der Waals surface area contributed by atoms with Crippen molar-refractivity contribution in [1.82, 2.24) is 24.6 Å². The quantitative estimate of drug-likeness (QED) is 0.704. The van der Waals surface area contributed by atoms with Gasteiger partial charge in [-0.1, -0.05) is 18.0 Å². The van der Waals surface area contributed by atoms with Gasteiger partial charge in [0.15, 0.2) is 0 Å². The summed E-state index contributed by atoms with van der Waals surface area (Å²) in [5.74, 6) is 0.192. The fraction of sp³-hybridized carbons (Fsp3) is 0.650. The Morgan fingerprint density at radius 2 is 1.64 bits per heavy atom. The molecule has 1 aromatic rings. The first kappa shape index (κ1) is 19.6. The molecule has 1 aliphatic carbocycles. The normalized spacial score (nSPS) is 22.2. The van der Waals surface area contributed by atoms with Gasteiger partial charge in [0.1, 0.15) is 5.15 Å². The Bertz CT molecular complexity index is 693. The zero-order valence-corrected chi connectivity index (χ0v) is 17.0. The van der Waals surface area contributed by atoms with Crippen LogP contribution in [0.3, 0.4) is 0 Å². The lowest BCUT2D eigenvalue weighted by atomic mass is 9.91. The van der Waals surface area contributed by atoms with E-state index in [-0.39, 0.29) is 11.8 Å². The summed E-state index contributed by atoms with van der Waals surface area (Å²) in [6.45, 7) is 6.86. The van der Waals surface area contributed by atoms with Crippen LogP contribution in [0.25, 0.3) is 0 Å². The van der Waals surface area contributed by atoms with Crippen LogP contribution in [0.5, 0.6) is 0 Å². The Morgan fingerprint density at radius 1 is 0.964 bits per heavy atom. The molecule has 152 valence electrons. The number of pyridine rings is 1. The lowest BCUT2D eigenvalue weighted by Crippen LogP contribution is -2.56. The highest BCUT2D eigenvalue weighted by molar-refractivity contribution is 6.29. The van der Waals surface area contributed by atoms with E-state index in [2.05, 4.69) is 14.8 Å².